The number of hydrogen-bond acceptors (Lipinski definition) is 6. The molecule has 4 atom stereocenters. The average molecular weight is 428 g/mol. The highest BCUT2D eigenvalue weighted by Crippen LogP contribution is 2.60. The third kappa shape index (κ3) is 2.94. The molecule has 2 fully saturated rings. The van der Waals surface area contributed by atoms with Crippen LogP contribution in [0.5, 0.6) is 5.75 Å². The molecule has 136 valence electrons. The van der Waals surface area contributed by atoms with Crippen molar-refractivity contribution in [3.05, 3.63) is 27.7 Å². The SMILES string of the molecule is C[C@]12CCC3c4cc(Br)c(OSOON)cc4CCC3C1CCC2=O. The molecule has 0 bridgehead atoms. The predicted octanol–water partition coefficient (Wildman–Crippen LogP) is 4.64. The second-order valence-corrected chi connectivity index (χ2v) is 8.92. The highest BCUT2D eigenvalue weighted by molar-refractivity contribution is 9.10. The lowest BCUT2D eigenvalue weighted by atomic mass is 9.55. The summed E-state index contributed by atoms with van der Waals surface area (Å²) in [5, 5.41) is 0. The minimum Gasteiger partial charge on any atom is -0.397 e. The van der Waals surface area contributed by atoms with Crippen molar-refractivity contribution in [3.63, 3.8) is 0 Å². The van der Waals surface area contributed by atoms with Crippen LogP contribution in [-0.2, 0) is 20.5 Å². The topological polar surface area (TPSA) is 70.8 Å². The molecule has 0 aliphatic heterocycles. The van der Waals surface area contributed by atoms with Crippen LogP contribution in [0, 0.1) is 17.3 Å². The number of carbonyl (C=O) groups is 1. The molecule has 0 heterocycles. The van der Waals surface area contributed by atoms with Gasteiger partial charge in [-0.15, -0.1) is 9.32 Å². The molecule has 0 spiro atoms. The Morgan fingerprint density at radius 2 is 2.12 bits per heavy atom. The molecule has 0 radical (unpaired) electrons. The van der Waals surface area contributed by atoms with E-state index in [1.165, 1.54) is 11.1 Å². The lowest BCUT2D eigenvalue weighted by molar-refractivity contribution is -0.199. The number of rotatable bonds is 4. The lowest BCUT2D eigenvalue weighted by Crippen LogP contribution is -2.42. The zero-order valence-corrected chi connectivity index (χ0v) is 16.5. The van der Waals surface area contributed by atoms with Crippen molar-refractivity contribution in [2.75, 3.05) is 0 Å². The summed E-state index contributed by atoms with van der Waals surface area (Å²) in [7, 11) is 0. The fourth-order valence-corrected chi connectivity index (χ4v) is 6.29. The van der Waals surface area contributed by atoms with Crippen LogP contribution >= 0.6 is 28.3 Å². The van der Waals surface area contributed by atoms with Gasteiger partial charge in [0.2, 0.25) is 0 Å². The number of halogens is 1. The van der Waals surface area contributed by atoms with Crippen LogP contribution in [0.15, 0.2) is 16.6 Å². The molecule has 3 unspecified atom stereocenters. The van der Waals surface area contributed by atoms with Crippen LogP contribution in [0.3, 0.4) is 0 Å². The van der Waals surface area contributed by atoms with Crippen molar-refractivity contribution in [3.8, 4) is 5.75 Å². The van der Waals surface area contributed by atoms with E-state index in [0.717, 1.165) is 43.0 Å². The number of fused-ring (bicyclic) bond motifs is 5. The van der Waals surface area contributed by atoms with Crippen molar-refractivity contribution < 1.29 is 18.3 Å². The summed E-state index contributed by atoms with van der Waals surface area (Å²) in [6.45, 7) is 2.21. The fraction of sp³-hybridized carbons (Fsp3) is 0.611. The van der Waals surface area contributed by atoms with E-state index >= 15 is 0 Å². The molecule has 25 heavy (non-hydrogen) atoms. The van der Waals surface area contributed by atoms with Gasteiger partial charge in [0.25, 0.3) is 12.3 Å². The summed E-state index contributed by atoms with van der Waals surface area (Å²) in [6.07, 6.45) is 6.14. The van der Waals surface area contributed by atoms with Crippen LogP contribution in [-0.4, -0.2) is 5.78 Å². The zero-order chi connectivity index (χ0) is 17.6. The van der Waals surface area contributed by atoms with Crippen LogP contribution < -0.4 is 10.1 Å². The molecular formula is C18H22BrNO4S. The van der Waals surface area contributed by atoms with E-state index < -0.39 is 0 Å². The first kappa shape index (κ1) is 17.8. The smallest absolute Gasteiger partial charge is 0.260 e. The monoisotopic (exact) mass is 427 g/mol. The van der Waals surface area contributed by atoms with Gasteiger partial charge in [-0.25, -0.2) is 0 Å². The third-order valence-corrected chi connectivity index (χ3v) is 7.68. The molecule has 2 N–H and O–H groups in total. The number of nitrogens with two attached hydrogens (primary N) is 1. The van der Waals surface area contributed by atoms with E-state index in [2.05, 4.69) is 44.3 Å². The molecular weight excluding hydrogens is 406 g/mol. The number of carbonyl (C=O) groups excluding carboxylic acids is 1. The van der Waals surface area contributed by atoms with Gasteiger partial charge >= 0.3 is 0 Å². The summed E-state index contributed by atoms with van der Waals surface area (Å²) in [4.78, 5) is 16.5. The van der Waals surface area contributed by atoms with E-state index in [1.54, 1.807) is 0 Å². The number of aryl methyl sites for hydroxylation is 1. The Morgan fingerprint density at radius 1 is 1.28 bits per heavy atom. The maximum Gasteiger partial charge on any atom is 0.260 e. The predicted molar refractivity (Wildman–Crippen MR) is 98.3 cm³/mol. The third-order valence-electron chi connectivity index (χ3n) is 6.68. The van der Waals surface area contributed by atoms with E-state index in [0.29, 0.717) is 41.6 Å². The normalized spacial score (nSPS) is 33.6. The van der Waals surface area contributed by atoms with E-state index in [9.17, 15) is 4.79 Å². The summed E-state index contributed by atoms with van der Waals surface area (Å²) in [6, 6.07) is 4.26. The quantitative estimate of drug-likeness (QED) is 0.326. The van der Waals surface area contributed by atoms with Crippen LogP contribution in [0.2, 0.25) is 0 Å². The van der Waals surface area contributed by atoms with Crippen molar-refractivity contribution in [1.82, 2.24) is 0 Å². The molecule has 0 amide bonds. The summed E-state index contributed by atoms with van der Waals surface area (Å²) < 4.78 is 10.9. The van der Waals surface area contributed by atoms with Gasteiger partial charge < -0.3 is 4.18 Å². The van der Waals surface area contributed by atoms with E-state index in [-0.39, 0.29) is 5.41 Å². The van der Waals surface area contributed by atoms with Gasteiger partial charge in [-0.1, -0.05) is 6.92 Å². The summed E-state index contributed by atoms with van der Waals surface area (Å²) in [5.74, 6) is 7.74. The molecule has 0 aromatic heterocycles. The second kappa shape index (κ2) is 6.85. The van der Waals surface area contributed by atoms with Gasteiger partial charge in [0.05, 0.1) is 4.47 Å². The Kier molecular flexibility index (Phi) is 4.88. The van der Waals surface area contributed by atoms with E-state index in [4.69, 9.17) is 10.1 Å². The second-order valence-electron chi connectivity index (χ2n) is 7.63. The first-order valence-corrected chi connectivity index (χ1v) is 10.2. The van der Waals surface area contributed by atoms with Crippen LogP contribution in [0.4, 0.5) is 0 Å². The van der Waals surface area contributed by atoms with Gasteiger partial charge in [0.15, 0.2) is 5.75 Å². The van der Waals surface area contributed by atoms with Crippen molar-refractivity contribution >= 4 is 34.0 Å². The van der Waals surface area contributed by atoms with Crippen LogP contribution in [0.1, 0.15) is 56.1 Å². The molecule has 3 aliphatic rings. The van der Waals surface area contributed by atoms with Crippen molar-refractivity contribution in [2.24, 2.45) is 23.1 Å². The summed E-state index contributed by atoms with van der Waals surface area (Å²) in [5.41, 5.74) is 2.68. The number of hydrogen-bond donors (Lipinski definition) is 1. The molecule has 5 nitrogen and oxygen atoms in total. The molecule has 7 heteroatoms. The fourth-order valence-electron chi connectivity index (χ4n) is 5.47. The van der Waals surface area contributed by atoms with Gasteiger partial charge in [-0.2, -0.15) is 5.90 Å². The highest BCUT2D eigenvalue weighted by Gasteiger charge is 2.54. The minimum absolute atomic E-state index is 0.0742. The molecule has 3 aliphatic carbocycles. The van der Waals surface area contributed by atoms with Crippen molar-refractivity contribution in [2.45, 2.75) is 51.4 Å². The average Bonchev–Trinajstić information content (AvgIpc) is 2.91. The van der Waals surface area contributed by atoms with E-state index in [1.807, 2.05) is 0 Å². The molecule has 2 saturated carbocycles. The van der Waals surface area contributed by atoms with Gasteiger partial charge in [-0.05, 0) is 89.0 Å². The molecule has 1 aromatic carbocycles. The highest BCUT2D eigenvalue weighted by atomic mass is 79.9. The maximum atomic E-state index is 12.4. The lowest BCUT2D eigenvalue weighted by Gasteiger charge is -2.48. The van der Waals surface area contributed by atoms with Gasteiger partial charge in [0, 0.05) is 11.8 Å². The van der Waals surface area contributed by atoms with Gasteiger partial charge in [-0.3, -0.25) is 4.79 Å². The number of ketones is 1. The Labute approximate surface area is 160 Å². The Balaban J connectivity index is 1.60. The minimum atomic E-state index is -0.0742. The standard InChI is InChI=1S/C18H22BrNO4S/c1-18-7-6-11-12(14(18)4-5-17(18)21)3-2-10-8-16(22-25-24-23-20)15(19)9-13(10)11/h8-9,11-12,14H,2-7,20H2,1H3/t11?,12?,14?,18-/m0/s1. The Morgan fingerprint density at radius 3 is 2.92 bits per heavy atom. The first-order valence-electron chi connectivity index (χ1n) is 8.77. The largest absolute Gasteiger partial charge is 0.397 e. The zero-order valence-electron chi connectivity index (χ0n) is 14.1. The van der Waals surface area contributed by atoms with Gasteiger partial charge in [0.1, 0.15) is 5.78 Å². The Bertz CT molecular complexity index is 700. The van der Waals surface area contributed by atoms with Crippen molar-refractivity contribution in [1.29, 1.82) is 0 Å². The first-order chi connectivity index (χ1) is 12.0. The molecule has 1 aromatic rings. The molecule has 0 saturated heterocycles. The Hall–Kier alpha value is -0.600. The maximum absolute atomic E-state index is 12.4. The summed E-state index contributed by atoms with van der Waals surface area (Å²) >= 11 is 4.29. The molecule has 4 rings (SSSR count). The number of benzene rings is 1. The number of Topliss-reactive ketones (excluding diaryl/α,β-unsaturated/α-hetero) is 1. The van der Waals surface area contributed by atoms with Crippen LogP contribution in [0.25, 0.3) is 0 Å².